The maximum Gasteiger partial charge on any atom is 0.311 e. The Balaban J connectivity index is 0.00000496. The number of hydrogen-bond donors (Lipinski definition) is 1. The number of esters is 1. The number of carbonyl (C=O) groups is 2. The average molecular weight is 661 g/mol. The summed E-state index contributed by atoms with van der Waals surface area (Å²) in [6.45, 7) is 34.5. The Morgan fingerprint density at radius 1 is 0.600 bits per heavy atom. The van der Waals surface area contributed by atoms with Gasteiger partial charge in [-0.25, -0.2) is 0 Å². The molecule has 0 atom stereocenters. The molecule has 0 aliphatic heterocycles. The summed E-state index contributed by atoms with van der Waals surface area (Å²) in [6, 6.07) is 8.83. The number of benzene rings is 2. The topological polar surface area (TPSA) is 72.8 Å². The van der Waals surface area contributed by atoms with Gasteiger partial charge in [0, 0.05) is 32.0 Å². The van der Waals surface area contributed by atoms with Crippen molar-refractivity contribution in [1.82, 2.24) is 0 Å². The number of carbonyl (C=O) groups excluding carboxylic acids is 1. The first-order valence-corrected chi connectivity index (χ1v) is 17.6. The molecule has 0 saturated heterocycles. The lowest BCUT2D eigenvalue weighted by Gasteiger charge is -2.33. The van der Waals surface area contributed by atoms with Crippen LogP contribution in [0.1, 0.15) is 146 Å². The van der Waals surface area contributed by atoms with E-state index >= 15 is 0 Å². The Kier molecular flexibility index (Phi) is 13.8. The van der Waals surface area contributed by atoms with E-state index in [4.69, 9.17) is 14.6 Å². The average Bonchev–Trinajstić information content (AvgIpc) is 2.86. The van der Waals surface area contributed by atoms with Crippen LogP contribution in [-0.2, 0) is 31.2 Å². The monoisotopic (exact) mass is 660 g/mol. The van der Waals surface area contributed by atoms with Gasteiger partial charge in [-0.15, -0.1) is 23.5 Å². The third-order valence-corrected chi connectivity index (χ3v) is 9.47. The van der Waals surface area contributed by atoms with Crippen LogP contribution in [-0.4, -0.2) is 28.2 Å². The summed E-state index contributed by atoms with van der Waals surface area (Å²) >= 11 is 3.63. The Labute approximate surface area is 283 Å². The fraction of sp³-hybridized carbons (Fsp3) is 0.632. The molecule has 0 aromatic heterocycles. The summed E-state index contributed by atoms with van der Waals surface area (Å²) in [7, 11) is 1.76. The van der Waals surface area contributed by atoms with Gasteiger partial charge in [0.2, 0.25) is 0 Å². The van der Waals surface area contributed by atoms with Gasteiger partial charge in [-0.2, -0.15) is 0 Å². The highest BCUT2D eigenvalue weighted by atomic mass is 32.2. The molecule has 1 N–H and O–H groups in total. The molecular weight excluding hydrogens is 601 g/mol. The highest BCUT2D eigenvalue weighted by Gasteiger charge is 2.33. The number of carboxylic acid groups (broad SMARTS) is 1. The molecule has 254 valence electrons. The molecule has 7 heteroatoms. The minimum Gasteiger partial charge on any atom is -0.496 e. The number of aliphatic carboxylic acids is 1. The van der Waals surface area contributed by atoms with E-state index in [-0.39, 0.29) is 38.6 Å². The number of methoxy groups -OCH3 is 1. The van der Waals surface area contributed by atoms with Crippen LogP contribution in [0.4, 0.5) is 0 Å². The predicted octanol–water partition coefficient (Wildman–Crippen LogP) is 11.3. The molecule has 0 aliphatic carbocycles. The first-order valence-electron chi connectivity index (χ1n) is 16.0. The zero-order chi connectivity index (χ0) is 35.3. The van der Waals surface area contributed by atoms with Gasteiger partial charge >= 0.3 is 11.9 Å². The standard InChI is InChI=1S/C36H54O5S2.C2H6/c1-32(2,3)24-18-22(19-25(30(24)40-15)33(4,5)6)42-36(13,14)43-23-20-26(34(7,8)9)31(27(21-23)35(10,11)12)41-29(39)17-16-28(37)38;1-2/h18-21H,16-17H2,1-15H3,(H,37,38);1-2H3. The van der Waals surface area contributed by atoms with Crippen LogP contribution in [0.2, 0.25) is 0 Å². The van der Waals surface area contributed by atoms with Gasteiger partial charge < -0.3 is 14.6 Å². The Morgan fingerprint density at radius 3 is 1.18 bits per heavy atom. The maximum atomic E-state index is 12.7. The predicted molar refractivity (Wildman–Crippen MR) is 194 cm³/mol. The largest absolute Gasteiger partial charge is 0.496 e. The van der Waals surface area contributed by atoms with E-state index in [1.165, 1.54) is 16.0 Å². The highest BCUT2D eigenvalue weighted by Crippen LogP contribution is 2.51. The van der Waals surface area contributed by atoms with Crippen molar-refractivity contribution in [2.45, 2.75) is 159 Å². The summed E-state index contributed by atoms with van der Waals surface area (Å²) in [5.41, 5.74) is 3.48. The van der Waals surface area contributed by atoms with Gasteiger partial charge in [0.05, 0.1) is 24.0 Å². The molecule has 0 bridgehead atoms. The molecule has 2 rings (SSSR count). The Hall–Kier alpha value is -2.12. The second-order valence-corrected chi connectivity index (χ2v) is 19.5. The fourth-order valence-corrected chi connectivity index (χ4v) is 7.43. The van der Waals surface area contributed by atoms with Gasteiger partial charge in [-0.3, -0.25) is 9.59 Å². The van der Waals surface area contributed by atoms with Gasteiger partial charge in [0.25, 0.3) is 0 Å². The molecule has 45 heavy (non-hydrogen) atoms. The lowest BCUT2D eigenvalue weighted by Crippen LogP contribution is -2.23. The first-order chi connectivity index (χ1) is 20.3. The van der Waals surface area contributed by atoms with E-state index in [1.807, 2.05) is 25.6 Å². The molecule has 0 unspecified atom stereocenters. The molecule has 2 aromatic carbocycles. The third kappa shape index (κ3) is 11.9. The van der Waals surface area contributed by atoms with Crippen LogP contribution in [0.3, 0.4) is 0 Å². The normalized spacial score (nSPS) is 12.7. The van der Waals surface area contributed by atoms with Crippen molar-refractivity contribution in [2.24, 2.45) is 0 Å². The zero-order valence-corrected chi connectivity index (χ0v) is 32.8. The van der Waals surface area contributed by atoms with Crippen molar-refractivity contribution in [3.05, 3.63) is 46.5 Å². The van der Waals surface area contributed by atoms with E-state index in [0.29, 0.717) is 5.75 Å². The first kappa shape index (κ1) is 40.9. The van der Waals surface area contributed by atoms with Crippen LogP contribution in [0.25, 0.3) is 0 Å². The van der Waals surface area contributed by atoms with Crippen molar-refractivity contribution < 1.29 is 24.2 Å². The molecule has 0 saturated carbocycles. The molecule has 0 heterocycles. The van der Waals surface area contributed by atoms with E-state index < -0.39 is 11.9 Å². The van der Waals surface area contributed by atoms with Crippen molar-refractivity contribution in [3.8, 4) is 11.5 Å². The molecule has 0 spiro atoms. The Bertz CT molecular complexity index is 1260. The van der Waals surface area contributed by atoms with Crippen molar-refractivity contribution in [2.75, 3.05) is 7.11 Å². The summed E-state index contributed by atoms with van der Waals surface area (Å²) in [6.07, 6.45) is -0.426. The van der Waals surface area contributed by atoms with Crippen molar-refractivity contribution in [3.63, 3.8) is 0 Å². The number of thioether (sulfide) groups is 2. The molecule has 0 aliphatic rings. The van der Waals surface area contributed by atoms with E-state index in [2.05, 4.69) is 121 Å². The molecule has 5 nitrogen and oxygen atoms in total. The van der Waals surface area contributed by atoms with E-state index in [0.717, 1.165) is 21.8 Å². The SMILES string of the molecule is CC.COc1c(C(C)(C)C)cc(SC(C)(C)Sc2cc(C(C)(C)C)c(OC(=O)CCC(=O)O)c(C(C)(C)C)c2)cc1C(C)(C)C. The van der Waals surface area contributed by atoms with Crippen LogP contribution in [0.15, 0.2) is 34.1 Å². The number of rotatable bonds is 9. The molecule has 0 amide bonds. The zero-order valence-electron chi connectivity index (χ0n) is 31.1. The minimum absolute atomic E-state index is 0.0832. The van der Waals surface area contributed by atoms with Crippen molar-refractivity contribution >= 4 is 35.5 Å². The quantitative estimate of drug-likeness (QED) is 0.124. The lowest BCUT2D eigenvalue weighted by atomic mass is 9.79. The molecule has 2 aromatic rings. The van der Waals surface area contributed by atoms with Crippen LogP contribution in [0, 0.1) is 0 Å². The highest BCUT2D eigenvalue weighted by molar-refractivity contribution is 8.18. The van der Waals surface area contributed by atoms with Gasteiger partial charge in [0.15, 0.2) is 0 Å². The summed E-state index contributed by atoms with van der Waals surface area (Å²) in [5, 5.41) is 9.06. The summed E-state index contributed by atoms with van der Waals surface area (Å²) < 4.78 is 11.7. The van der Waals surface area contributed by atoms with E-state index in [9.17, 15) is 9.59 Å². The van der Waals surface area contributed by atoms with Crippen LogP contribution < -0.4 is 9.47 Å². The molecule has 0 radical (unpaired) electrons. The maximum absolute atomic E-state index is 12.7. The summed E-state index contributed by atoms with van der Waals surface area (Å²) in [4.78, 5) is 26.1. The third-order valence-electron chi connectivity index (χ3n) is 7.05. The van der Waals surface area contributed by atoms with Crippen LogP contribution >= 0.6 is 23.5 Å². The molecule has 0 fully saturated rings. The number of carboxylic acids is 1. The van der Waals surface area contributed by atoms with Gasteiger partial charge in [-0.1, -0.05) is 96.9 Å². The second-order valence-electron chi connectivity index (χ2n) is 15.9. The van der Waals surface area contributed by atoms with E-state index in [1.54, 1.807) is 18.9 Å². The minimum atomic E-state index is -1.02. The second kappa shape index (κ2) is 15.2. The van der Waals surface area contributed by atoms with Gasteiger partial charge in [0.1, 0.15) is 11.5 Å². The van der Waals surface area contributed by atoms with Crippen molar-refractivity contribution in [1.29, 1.82) is 0 Å². The summed E-state index contributed by atoms with van der Waals surface area (Å²) in [5.74, 6) is -0.0342. The molecular formula is C38H60O5S2. The fourth-order valence-electron chi connectivity index (χ4n) is 4.84. The smallest absolute Gasteiger partial charge is 0.311 e. The number of hydrogen-bond acceptors (Lipinski definition) is 6. The van der Waals surface area contributed by atoms with Crippen LogP contribution in [0.5, 0.6) is 11.5 Å². The van der Waals surface area contributed by atoms with Gasteiger partial charge in [-0.05, 0) is 59.8 Å². The Morgan fingerprint density at radius 2 is 0.911 bits per heavy atom. The number of ether oxygens (including phenoxy) is 2. The lowest BCUT2D eigenvalue weighted by molar-refractivity contribution is -0.142.